The van der Waals surface area contributed by atoms with Crippen LogP contribution in [0.5, 0.6) is 0 Å². The zero-order valence-corrected chi connectivity index (χ0v) is 8.07. The Hall–Kier alpha value is -1.44. The Morgan fingerprint density at radius 2 is 1.92 bits per heavy atom. The standard InChI is InChI=1S/C8H6N2.C3H8/c1-2-7-6-9-5-3-8(7)10-4-1;1-3-2/h1-6H;3H2,1-2H3. The van der Waals surface area contributed by atoms with Crippen LogP contribution in [0.3, 0.4) is 0 Å². The monoisotopic (exact) mass is 174 g/mol. The van der Waals surface area contributed by atoms with Crippen LogP contribution in [-0.4, -0.2) is 9.97 Å². The molecule has 0 radical (unpaired) electrons. The average Bonchev–Trinajstić information content (AvgIpc) is 2.19. The summed E-state index contributed by atoms with van der Waals surface area (Å²) in [6.07, 6.45) is 6.58. The number of hydrogen-bond acceptors (Lipinski definition) is 2. The number of rotatable bonds is 0. The van der Waals surface area contributed by atoms with Gasteiger partial charge in [0.05, 0.1) is 5.52 Å². The molecule has 2 nitrogen and oxygen atoms in total. The Labute approximate surface area is 78.7 Å². The minimum atomic E-state index is 0.998. The van der Waals surface area contributed by atoms with Gasteiger partial charge in [-0.2, -0.15) is 0 Å². The van der Waals surface area contributed by atoms with Crippen LogP contribution < -0.4 is 0 Å². The second-order valence-electron chi connectivity index (χ2n) is 2.78. The van der Waals surface area contributed by atoms with Crippen LogP contribution in [0.15, 0.2) is 36.8 Å². The molecular weight excluding hydrogens is 160 g/mol. The molecule has 2 rings (SSSR count). The molecule has 0 N–H and O–H groups in total. The molecule has 0 atom stereocenters. The average molecular weight is 174 g/mol. The van der Waals surface area contributed by atoms with Gasteiger partial charge in [-0.15, -0.1) is 0 Å². The first-order chi connectivity index (χ1) is 6.38. The van der Waals surface area contributed by atoms with Gasteiger partial charge in [0.2, 0.25) is 0 Å². The van der Waals surface area contributed by atoms with E-state index < -0.39 is 0 Å². The lowest BCUT2D eigenvalue weighted by atomic mass is 10.3. The van der Waals surface area contributed by atoms with Crippen LogP contribution in [0.2, 0.25) is 0 Å². The molecule has 2 heteroatoms. The smallest absolute Gasteiger partial charge is 0.0732 e. The van der Waals surface area contributed by atoms with E-state index in [4.69, 9.17) is 0 Å². The molecule has 2 aromatic heterocycles. The second-order valence-corrected chi connectivity index (χ2v) is 2.78. The maximum absolute atomic E-state index is 4.14. The van der Waals surface area contributed by atoms with Crippen molar-refractivity contribution in [1.82, 2.24) is 9.97 Å². The number of nitrogens with zero attached hydrogens (tertiary/aromatic N) is 2. The summed E-state index contributed by atoms with van der Waals surface area (Å²) >= 11 is 0. The molecule has 0 bridgehead atoms. The van der Waals surface area contributed by atoms with Crippen molar-refractivity contribution in [3.8, 4) is 0 Å². The molecule has 0 fully saturated rings. The van der Waals surface area contributed by atoms with E-state index in [0.717, 1.165) is 10.9 Å². The zero-order chi connectivity index (χ0) is 9.52. The Kier molecular flexibility index (Phi) is 3.89. The van der Waals surface area contributed by atoms with Gasteiger partial charge in [-0.3, -0.25) is 9.97 Å². The number of fused-ring (bicyclic) bond motifs is 1. The first-order valence-corrected chi connectivity index (χ1v) is 4.53. The van der Waals surface area contributed by atoms with E-state index in [1.807, 2.05) is 24.4 Å². The number of aromatic nitrogens is 2. The van der Waals surface area contributed by atoms with E-state index >= 15 is 0 Å². The summed E-state index contributed by atoms with van der Waals surface area (Å²) in [5, 5.41) is 1.09. The highest BCUT2D eigenvalue weighted by atomic mass is 14.7. The molecular formula is C11H14N2. The summed E-state index contributed by atoms with van der Waals surface area (Å²) in [6, 6.07) is 5.80. The highest BCUT2D eigenvalue weighted by molar-refractivity contribution is 5.76. The molecule has 0 amide bonds. The Balaban J connectivity index is 0.000000251. The van der Waals surface area contributed by atoms with Crippen LogP contribution in [0.25, 0.3) is 10.9 Å². The van der Waals surface area contributed by atoms with Gasteiger partial charge in [0.1, 0.15) is 0 Å². The van der Waals surface area contributed by atoms with Crippen molar-refractivity contribution in [2.45, 2.75) is 20.3 Å². The highest BCUT2D eigenvalue weighted by Crippen LogP contribution is 2.05. The van der Waals surface area contributed by atoms with E-state index in [1.165, 1.54) is 6.42 Å². The fraction of sp³-hybridized carbons (Fsp3) is 0.273. The van der Waals surface area contributed by atoms with Gasteiger partial charge in [-0.05, 0) is 18.2 Å². The molecule has 2 heterocycles. The Morgan fingerprint density at radius 1 is 1.15 bits per heavy atom. The lowest BCUT2D eigenvalue weighted by molar-refractivity contribution is 1.09. The number of pyridine rings is 2. The summed E-state index contributed by atoms with van der Waals surface area (Å²) < 4.78 is 0. The first-order valence-electron chi connectivity index (χ1n) is 4.53. The molecule has 0 aliphatic carbocycles. The molecule has 0 aliphatic rings. The van der Waals surface area contributed by atoms with Crippen LogP contribution in [-0.2, 0) is 0 Å². The molecule has 0 aromatic carbocycles. The minimum Gasteiger partial charge on any atom is -0.264 e. The third-order valence-electron chi connectivity index (χ3n) is 1.40. The first kappa shape index (κ1) is 9.65. The van der Waals surface area contributed by atoms with Crippen LogP contribution in [0, 0.1) is 0 Å². The van der Waals surface area contributed by atoms with Gasteiger partial charge in [0.15, 0.2) is 0 Å². The quantitative estimate of drug-likeness (QED) is 0.613. The van der Waals surface area contributed by atoms with Crippen molar-refractivity contribution >= 4 is 10.9 Å². The fourth-order valence-electron chi connectivity index (χ4n) is 0.915. The Morgan fingerprint density at radius 3 is 2.62 bits per heavy atom. The SMILES string of the molecule is CCC.c1cnc2ccncc2c1. The van der Waals surface area contributed by atoms with E-state index in [9.17, 15) is 0 Å². The molecule has 2 aromatic rings. The predicted octanol–water partition coefficient (Wildman–Crippen LogP) is 3.05. The lowest BCUT2D eigenvalue weighted by Gasteiger charge is -1.90. The van der Waals surface area contributed by atoms with E-state index in [-0.39, 0.29) is 0 Å². The summed E-state index contributed by atoms with van der Waals surface area (Å²) in [5.41, 5.74) is 0.998. The Bertz CT molecular complexity index is 292. The van der Waals surface area contributed by atoms with E-state index in [0.29, 0.717) is 0 Å². The van der Waals surface area contributed by atoms with Gasteiger partial charge in [-0.1, -0.05) is 20.3 Å². The van der Waals surface area contributed by atoms with Gasteiger partial charge >= 0.3 is 0 Å². The van der Waals surface area contributed by atoms with Crippen LogP contribution in [0.4, 0.5) is 0 Å². The molecule has 0 unspecified atom stereocenters. The molecule has 0 spiro atoms. The van der Waals surface area contributed by atoms with Gasteiger partial charge in [0, 0.05) is 24.0 Å². The van der Waals surface area contributed by atoms with Gasteiger partial charge in [-0.25, -0.2) is 0 Å². The van der Waals surface area contributed by atoms with Crippen molar-refractivity contribution in [1.29, 1.82) is 0 Å². The van der Waals surface area contributed by atoms with E-state index in [1.54, 1.807) is 12.4 Å². The summed E-state index contributed by atoms with van der Waals surface area (Å²) in [7, 11) is 0. The number of hydrogen-bond donors (Lipinski definition) is 0. The van der Waals surface area contributed by atoms with Crippen molar-refractivity contribution in [2.75, 3.05) is 0 Å². The molecule has 0 saturated heterocycles. The normalized spacial score (nSPS) is 9.08. The van der Waals surface area contributed by atoms with E-state index in [2.05, 4.69) is 23.8 Å². The lowest BCUT2D eigenvalue weighted by Crippen LogP contribution is -1.76. The van der Waals surface area contributed by atoms with Crippen LogP contribution >= 0.6 is 0 Å². The minimum absolute atomic E-state index is 0.998. The van der Waals surface area contributed by atoms with Crippen LogP contribution in [0.1, 0.15) is 20.3 Å². The van der Waals surface area contributed by atoms with Gasteiger partial charge < -0.3 is 0 Å². The fourth-order valence-corrected chi connectivity index (χ4v) is 0.915. The van der Waals surface area contributed by atoms with Gasteiger partial charge in [0.25, 0.3) is 0 Å². The summed E-state index contributed by atoms with van der Waals surface area (Å²) in [6.45, 7) is 4.25. The maximum atomic E-state index is 4.14. The van der Waals surface area contributed by atoms with Crippen molar-refractivity contribution in [3.05, 3.63) is 36.8 Å². The second kappa shape index (κ2) is 5.25. The molecule has 0 aliphatic heterocycles. The van der Waals surface area contributed by atoms with Crippen molar-refractivity contribution < 1.29 is 0 Å². The predicted molar refractivity (Wildman–Crippen MR) is 55.5 cm³/mol. The third-order valence-corrected chi connectivity index (χ3v) is 1.40. The molecule has 13 heavy (non-hydrogen) atoms. The van der Waals surface area contributed by atoms with Crippen molar-refractivity contribution in [2.24, 2.45) is 0 Å². The topological polar surface area (TPSA) is 25.8 Å². The molecule has 68 valence electrons. The summed E-state index contributed by atoms with van der Waals surface area (Å²) in [4.78, 5) is 8.11. The largest absolute Gasteiger partial charge is 0.264 e. The third kappa shape index (κ3) is 2.82. The summed E-state index contributed by atoms with van der Waals surface area (Å²) in [5.74, 6) is 0. The highest BCUT2D eigenvalue weighted by Gasteiger charge is 1.87. The van der Waals surface area contributed by atoms with Crippen molar-refractivity contribution in [3.63, 3.8) is 0 Å². The molecule has 0 saturated carbocycles. The zero-order valence-electron chi connectivity index (χ0n) is 8.07. The maximum Gasteiger partial charge on any atom is 0.0732 e.